The van der Waals surface area contributed by atoms with Crippen LogP contribution >= 0.6 is 0 Å². The molecule has 0 aromatic carbocycles. The zero-order valence-corrected chi connectivity index (χ0v) is 16.2. The Morgan fingerprint density at radius 3 is 0.667 bits per heavy atom. The molecule has 0 aromatic heterocycles. The van der Waals surface area contributed by atoms with Gasteiger partial charge in [-0.1, -0.05) is 0 Å². The molecular formula is H4O3Rb2Zr. The topological polar surface area (TPSA) is 91.5 Å². The summed E-state index contributed by atoms with van der Waals surface area (Å²) in [6.45, 7) is 0. The van der Waals surface area contributed by atoms with Crippen molar-refractivity contribution in [2.75, 3.05) is 0 Å². The Morgan fingerprint density at radius 1 is 0.667 bits per heavy atom. The molecule has 0 aromatic rings. The van der Waals surface area contributed by atoms with Gasteiger partial charge in [0.25, 0.3) is 0 Å². The molecule has 6 heavy (non-hydrogen) atoms. The minimum Gasteiger partial charge on any atom is -0.870 e. The molecule has 0 aliphatic heterocycles. The van der Waals surface area contributed by atoms with Gasteiger partial charge in [0.05, 0.1) is 0 Å². The van der Waals surface area contributed by atoms with Crippen LogP contribution in [-0.2, 0) is 26.2 Å². The van der Waals surface area contributed by atoms with Gasteiger partial charge in [0.2, 0.25) is 0 Å². The summed E-state index contributed by atoms with van der Waals surface area (Å²) < 4.78 is 0. The van der Waals surface area contributed by atoms with E-state index in [0.29, 0.717) is 0 Å². The molecule has 0 aliphatic rings. The van der Waals surface area contributed by atoms with E-state index in [1.807, 2.05) is 0 Å². The average molecular weight is 314 g/mol. The van der Waals surface area contributed by atoms with Crippen LogP contribution in [0.1, 0.15) is 0 Å². The van der Waals surface area contributed by atoms with Gasteiger partial charge in [-0.2, -0.15) is 0 Å². The molecule has 0 radical (unpaired) electrons. The summed E-state index contributed by atoms with van der Waals surface area (Å²) >= 11 is 0. The molecule has 0 fully saturated rings. The van der Waals surface area contributed by atoms with E-state index in [0.717, 1.165) is 0 Å². The molecule has 6 heteroatoms. The first-order valence-corrected chi connectivity index (χ1v) is 0. The second kappa shape index (κ2) is 34.4. The van der Waals surface area contributed by atoms with Crippen LogP contribution in [0.4, 0.5) is 0 Å². The zero-order chi connectivity index (χ0) is 0. The van der Waals surface area contributed by atoms with Crippen molar-refractivity contribution in [1.29, 1.82) is 0 Å². The Balaban J connectivity index is 0. The third-order valence-electron chi connectivity index (χ3n) is 0. The average Bonchev–Trinajstić information content (AvgIpc) is 0. The van der Waals surface area contributed by atoms with Crippen LogP contribution in [0, 0.1) is 0 Å². The number of hydrogen-bond donors (Lipinski definition) is 0. The maximum absolute atomic E-state index is 0. The third-order valence-corrected chi connectivity index (χ3v) is 0. The molecule has 0 saturated heterocycles. The van der Waals surface area contributed by atoms with E-state index in [4.69, 9.17) is 0 Å². The van der Waals surface area contributed by atoms with E-state index in [1.54, 1.807) is 0 Å². The van der Waals surface area contributed by atoms with Crippen molar-refractivity contribution in [2.24, 2.45) is 0 Å². The fraction of sp³-hybridized carbons (Fsp3) is 0. The number of rotatable bonds is 0. The van der Waals surface area contributed by atoms with Gasteiger partial charge in [0.1, 0.15) is 0 Å². The first-order chi connectivity index (χ1) is 0. The van der Waals surface area contributed by atoms with Crippen LogP contribution in [0.2, 0.25) is 0 Å². The third kappa shape index (κ3) is 23.8. The van der Waals surface area contributed by atoms with Crippen LogP contribution in [0.3, 0.4) is 0 Å². The quantitative estimate of drug-likeness (QED) is 0.444. The van der Waals surface area contributed by atoms with Gasteiger partial charge >= 0.3 is 116 Å². The molecule has 0 saturated carbocycles. The Bertz CT molecular complexity index is 8.75. The number of hydrogen-bond acceptors (Lipinski definition) is 2. The predicted octanol–water partition coefficient (Wildman–Crippen LogP) is -7.17. The van der Waals surface area contributed by atoms with Crippen LogP contribution in [0.5, 0.6) is 0 Å². The summed E-state index contributed by atoms with van der Waals surface area (Å²) in [6.07, 6.45) is 0. The summed E-state index contributed by atoms with van der Waals surface area (Å²) in [6, 6.07) is 0. The maximum atomic E-state index is 0. The van der Waals surface area contributed by atoms with Gasteiger partial charge in [-0.25, -0.2) is 0 Å². The van der Waals surface area contributed by atoms with Crippen molar-refractivity contribution in [1.82, 2.24) is 0 Å². The molecule has 0 spiro atoms. The summed E-state index contributed by atoms with van der Waals surface area (Å²) in [4.78, 5) is 0. The maximum Gasteiger partial charge on any atom is 1.00 e. The summed E-state index contributed by atoms with van der Waals surface area (Å²) in [5.41, 5.74) is 0. The Labute approximate surface area is 154 Å². The zero-order valence-electron chi connectivity index (χ0n) is 3.89. The second-order valence-electron chi connectivity index (χ2n) is 0. The predicted molar refractivity (Wildman–Crippen MR) is 7.49 cm³/mol. The first-order valence-electron chi connectivity index (χ1n) is 0. The Morgan fingerprint density at radius 2 is 0.667 bits per heavy atom. The fourth-order valence-electron chi connectivity index (χ4n) is 0. The molecule has 3 nitrogen and oxygen atoms in total. The standard InChI is InChI=1S/3H2O.2Rb.Zr/h3*1H2;;;/q;;;2*+1;/p-2. The summed E-state index contributed by atoms with van der Waals surface area (Å²) in [5.74, 6) is 0. The van der Waals surface area contributed by atoms with Gasteiger partial charge in [-0.05, 0) is 0 Å². The van der Waals surface area contributed by atoms with Crippen molar-refractivity contribution in [3.05, 3.63) is 0 Å². The molecule has 28 valence electrons. The van der Waals surface area contributed by atoms with Crippen LogP contribution in [0.25, 0.3) is 0 Å². The van der Waals surface area contributed by atoms with Gasteiger partial charge in [0.15, 0.2) is 0 Å². The van der Waals surface area contributed by atoms with Crippen LogP contribution in [0.15, 0.2) is 0 Å². The Hall–Kier alpha value is 4.37. The van der Waals surface area contributed by atoms with E-state index >= 15 is 0 Å². The van der Waals surface area contributed by atoms with E-state index in [2.05, 4.69) is 0 Å². The molecule has 0 aliphatic carbocycles. The minimum atomic E-state index is 0. The monoisotopic (exact) mass is 312 g/mol. The van der Waals surface area contributed by atoms with Crippen molar-refractivity contribution in [2.45, 2.75) is 0 Å². The Kier molecular flexibility index (Phi) is 273. The van der Waals surface area contributed by atoms with Crippen LogP contribution < -0.4 is 116 Å². The minimum absolute atomic E-state index is 0. The van der Waals surface area contributed by atoms with Crippen molar-refractivity contribution in [3.8, 4) is 0 Å². The van der Waals surface area contributed by atoms with E-state index in [9.17, 15) is 0 Å². The van der Waals surface area contributed by atoms with Crippen molar-refractivity contribution < 1.29 is 159 Å². The largest absolute Gasteiger partial charge is 1.00 e. The molecule has 4 N–H and O–H groups in total. The molecule has 0 unspecified atom stereocenters. The van der Waals surface area contributed by atoms with Gasteiger partial charge in [-0.3, -0.25) is 0 Å². The fourth-order valence-corrected chi connectivity index (χ4v) is 0. The van der Waals surface area contributed by atoms with E-state index in [1.165, 1.54) is 0 Å². The normalized spacial score (nSPS) is 0. The molecule has 0 atom stereocenters. The summed E-state index contributed by atoms with van der Waals surface area (Å²) in [7, 11) is 0. The van der Waals surface area contributed by atoms with Gasteiger partial charge in [-0.15, -0.1) is 0 Å². The second-order valence-corrected chi connectivity index (χ2v) is 0. The van der Waals surface area contributed by atoms with E-state index in [-0.39, 0.29) is 159 Å². The molecule has 0 amide bonds. The van der Waals surface area contributed by atoms with Crippen molar-refractivity contribution >= 4 is 0 Å². The van der Waals surface area contributed by atoms with E-state index < -0.39 is 0 Å². The SMILES string of the molecule is O.[OH-].[OH-].[Rb+].[Rb+].[Zr]. The van der Waals surface area contributed by atoms with Gasteiger partial charge in [0, 0.05) is 26.2 Å². The molecule has 0 rings (SSSR count). The molecule has 0 bridgehead atoms. The first kappa shape index (κ1) is 47.7. The molecular weight excluding hydrogens is 310 g/mol. The smallest absolute Gasteiger partial charge is 0.870 e. The molecule has 0 heterocycles. The van der Waals surface area contributed by atoms with Crippen LogP contribution in [-0.4, -0.2) is 16.4 Å². The van der Waals surface area contributed by atoms with Gasteiger partial charge < -0.3 is 16.4 Å². The summed E-state index contributed by atoms with van der Waals surface area (Å²) in [5, 5.41) is 0. The van der Waals surface area contributed by atoms with Crippen molar-refractivity contribution in [3.63, 3.8) is 0 Å².